The lowest BCUT2D eigenvalue weighted by atomic mass is 9.81. The van der Waals surface area contributed by atoms with Gasteiger partial charge in [0.05, 0.1) is 42.5 Å². The number of carbonyl (C=O) groups excluding carboxylic acids is 2. The number of aromatic nitrogens is 2. The number of ether oxygens (including phenoxy) is 1. The molecule has 2 bridgehead atoms. The Morgan fingerprint density at radius 1 is 1.16 bits per heavy atom. The van der Waals surface area contributed by atoms with Crippen LogP contribution in [-0.4, -0.2) is 33.8 Å². The zero-order chi connectivity index (χ0) is 17.1. The highest BCUT2D eigenvalue weighted by Gasteiger charge is 2.62. The number of fused-ring (bicyclic) bond motifs is 5. The lowest BCUT2D eigenvalue weighted by Gasteiger charge is -2.15. The molecule has 0 unspecified atom stereocenters. The zero-order valence-electron chi connectivity index (χ0n) is 13.3. The van der Waals surface area contributed by atoms with Gasteiger partial charge in [-0.15, -0.1) is 0 Å². The summed E-state index contributed by atoms with van der Waals surface area (Å²) in [5.74, 6) is -0.931. The van der Waals surface area contributed by atoms with Crippen molar-refractivity contribution < 1.29 is 14.3 Å². The first kappa shape index (κ1) is 15.1. The monoisotopic (exact) mass is 357 g/mol. The van der Waals surface area contributed by atoms with E-state index in [1.165, 1.54) is 4.90 Å². The zero-order valence-corrected chi connectivity index (χ0v) is 14.1. The summed E-state index contributed by atoms with van der Waals surface area (Å²) in [5, 5.41) is 4.96. The fourth-order valence-electron chi connectivity index (χ4n) is 4.34. The first-order chi connectivity index (χ1) is 12.1. The average molecular weight is 358 g/mol. The van der Waals surface area contributed by atoms with Crippen molar-refractivity contribution in [2.45, 2.75) is 31.6 Å². The van der Waals surface area contributed by atoms with E-state index < -0.39 is 0 Å². The van der Waals surface area contributed by atoms with Crippen LogP contribution < -0.4 is 4.90 Å². The highest BCUT2D eigenvalue weighted by molar-refractivity contribution is 6.30. The van der Waals surface area contributed by atoms with E-state index in [9.17, 15) is 9.59 Å². The minimum Gasteiger partial charge on any atom is -0.373 e. The number of amides is 2. The van der Waals surface area contributed by atoms with Crippen LogP contribution in [0.4, 0.5) is 5.69 Å². The Bertz CT molecular complexity index is 852. The molecule has 0 saturated carbocycles. The summed E-state index contributed by atoms with van der Waals surface area (Å²) in [6.45, 7) is 0.526. The highest BCUT2D eigenvalue weighted by Crippen LogP contribution is 2.49. The predicted molar refractivity (Wildman–Crippen MR) is 90.1 cm³/mol. The minimum absolute atomic E-state index is 0.0991. The Hall–Kier alpha value is -2.18. The van der Waals surface area contributed by atoms with Gasteiger partial charge in [0.2, 0.25) is 11.8 Å². The Morgan fingerprint density at radius 3 is 2.56 bits per heavy atom. The molecule has 0 N–H and O–H groups in total. The summed E-state index contributed by atoms with van der Waals surface area (Å²) < 4.78 is 7.47. The minimum atomic E-state index is -0.317. The van der Waals surface area contributed by atoms with Crippen molar-refractivity contribution in [1.29, 1.82) is 0 Å². The Kier molecular flexibility index (Phi) is 3.27. The van der Waals surface area contributed by atoms with Crippen LogP contribution in [0.2, 0.25) is 5.02 Å². The van der Waals surface area contributed by atoms with Gasteiger partial charge in [-0.3, -0.25) is 14.3 Å². The van der Waals surface area contributed by atoms with Gasteiger partial charge in [0.1, 0.15) is 0 Å². The largest absolute Gasteiger partial charge is 0.373 e. The molecule has 3 fully saturated rings. The van der Waals surface area contributed by atoms with Crippen LogP contribution in [0.3, 0.4) is 0 Å². The second kappa shape index (κ2) is 5.41. The van der Waals surface area contributed by atoms with Crippen LogP contribution in [0.25, 0.3) is 0 Å². The molecule has 3 aliphatic rings. The maximum absolute atomic E-state index is 12.8. The predicted octanol–water partition coefficient (Wildman–Crippen LogP) is 2.25. The number of anilines is 1. The second-order valence-electron chi connectivity index (χ2n) is 6.88. The smallest absolute Gasteiger partial charge is 0.240 e. The lowest BCUT2D eigenvalue weighted by Crippen LogP contribution is -2.33. The normalized spacial score (nSPS) is 30.4. The number of hydrogen-bond acceptors (Lipinski definition) is 4. The summed E-state index contributed by atoms with van der Waals surface area (Å²) in [5.41, 5.74) is 1.54. The molecule has 3 aliphatic heterocycles. The fourth-order valence-corrected chi connectivity index (χ4v) is 4.56. The van der Waals surface area contributed by atoms with E-state index in [0.717, 1.165) is 18.4 Å². The van der Waals surface area contributed by atoms with Crippen LogP contribution >= 0.6 is 11.6 Å². The third kappa shape index (κ3) is 2.24. The van der Waals surface area contributed by atoms with Gasteiger partial charge in [0, 0.05) is 11.2 Å². The summed E-state index contributed by atoms with van der Waals surface area (Å²) in [4.78, 5) is 26.8. The molecular formula is C18H16ClN3O3. The van der Waals surface area contributed by atoms with Gasteiger partial charge in [-0.2, -0.15) is 5.10 Å². The molecule has 4 atom stereocenters. The molecular weight excluding hydrogens is 342 g/mol. The first-order valence-corrected chi connectivity index (χ1v) is 8.80. The molecule has 5 rings (SSSR count). The number of rotatable bonds is 3. The summed E-state index contributed by atoms with van der Waals surface area (Å²) in [6.07, 6.45) is 4.85. The average Bonchev–Trinajstić information content (AvgIpc) is 3.33. The summed E-state index contributed by atoms with van der Waals surface area (Å²) in [7, 11) is 0. The number of hydrogen-bond donors (Lipinski definition) is 0. The Morgan fingerprint density at radius 2 is 1.88 bits per heavy atom. The van der Waals surface area contributed by atoms with Crippen molar-refractivity contribution in [3.63, 3.8) is 0 Å². The molecule has 128 valence electrons. The Labute approximate surface area is 149 Å². The van der Waals surface area contributed by atoms with Gasteiger partial charge in [-0.1, -0.05) is 23.7 Å². The molecule has 7 heteroatoms. The van der Waals surface area contributed by atoms with Crippen LogP contribution in [0.5, 0.6) is 0 Å². The van der Waals surface area contributed by atoms with Gasteiger partial charge in [0.15, 0.2) is 0 Å². The van der Waals surface area contributed by atoms with Crippen LogP contribution in [0.1, 0.15) is 18.4 Å². The molecule has 4 heterocycles. The third-order valence-electron chi connectivity index (χ3n) is 5.40. The van der Waals surface area contributed by atoms with Gasteiger partial charge < -0.3 is 4.74 Å². The van der Waals surface area contributed by atoms with Gasteiger partial charge in [0.25, 0.3) is 0 Å². The Balaban J connectivity index is 1.40. The van der Waals surface area contributed by atoms with Crippen molar-refractivity contribution in [1.82, 2.24) is 9.78 Å². The molecule has 6 nitrogen and oxygen atoms in total. The molecule has 1 aromatic carbocycles. The van der Waals surface area contributed by atoms with Crippen LogP contribution in [0.15, 0.2) is 36.7 Å². The standard InChI is InChI=1S/C18H16ClN3O3/c19-11-3-1-2-10(6-11)8-21-9-12(7-20-21)22-17(23)15-13-4-5-14(25-13)16(15)18(22)24/h1-3,6-7,9,13-16H,4-5,8H2/t13-,14-,15-,16+/m1/s1. The van der Waals surface area contributed by atoms with E-state index in [2.05, 4.69) is 5.10 Å². The van der Waals surface area contributed by atoms with Crippen molar-refractivity contribution in [3.05, 3.63) is 47.2 Å². The second-order valence-corrected chi connectivity index (χ2v) is 7.32. The van der Waals surface area contributed by atoms with E-state index in [0.29, 0.717) is 17.3 Å². The number of benzene rings is 1. The van der Waals surface area contributed by atoms with Gasteiger partial charge in [-0.25, -0.2) is 4.90 Å². The van der Waals surface area contributed by atoms with Crippen molar-refractivity contribution >= 4 is 29.1 Å². The van der Waals surface area contributed by atoms with E-state index in [1.807, 2.05) is 24.3 Å². The lowest BCUT2D eigenvalue weighted by molar-refractivity contribution is -0.124. The highest BCUT2D eigenvalue weighted by atomic mass is 35.5. The molecule has 0 radical (unpaired) electrons. The quantitative estimate of drug-likeness (QED) is 0.790. The van der Waals surface area contributed by atoms with Crippen molar-refractivity contribution in [2.24, 2.45) is 11.8 Å². The van der Waals surface area contributed by atoms with Gasteiger partial charge in [-0.05, 0) is 30.5 Å². The SMILES string of the molecule is O=C1[C@@H]2[C@H](C(=O)N1c1cnn(Cc3cccc(Cl)c3)c1)[C@H]1CC[C@H]2O1. The van der Waals surface area contributed by atoms with Crippen molar-refractivity contribution in [2.75, 3.05) is 4.90 Å². The van der Waals surface area contributed by atoms with Gasteiger partial charge >= 0.3 is 0 Å². The van der Waals surface area contributed by atoms with Crippen LogP contribution in [0, 0.1) is 11.8 Å². The van der Waals surface area contributed by atoms with E-state index in [4.69, 9.17) is 16.3 Å². The summed E-state index contributed by atoms with van der Waals surface area (Å²) >= 11 is 6.01. The molecule has 2 amide bonds. The van der Waals surface area contributed by atoms with Crippen molar-refractivity contribution in [3.8, 4) is 0 Å². The molecule has 2 aromatic rings. The fraction of sp³-hybridized carbons (Fsp3) is 0.389. The first-order valence-electron chi connectivity index (χ1n) is 8.42. The molecule has 0 aliphatic carbocycles. The topological polar surface area (TPSA) is 64.4 Å². The van der Waals surface area contributed by atoms with E-state index >= 15 is 0 Å². The van der Waals surface area contributed by atoms with Crippen LogP contribution in [-0.2, 0) is 20.9 Å². The van der Waals surface area contributed by atoms with E-state index in [1.54, 1.807) is 17.1 Å². The number of halogens is 1. The number of carbonyl (C=O) groups is 2. The maximum atomic E-state index is 12.8. The molecule has 1 aromatic heterocycles. The third-order valence-corrected chi connectivity index (χ3v) is 5.63. The maximum Gasteiger partial charge on any atom is 0.240 e. The molecule has 3 saturated heterocycles. The van der Waals surface area contributed by atoms with E-state index in [-0.39, 0.29) is 35.9 Å². The molecule has 0 spiro atoms. The number of imide groups is 1. The molecule has 25 heavy (non-hydrogen) atoms. The summed E-state index contributed by atoms with van der Waals surface area (Å²) in [6, 6.07) is 7.52. The number of nitrogens with zero attached hydrogens (tertiary/aromatic N) is 3.